The van der Waals surface area contributed by atoms with Gasteiger partial charge in [-0.2, -0.15) is 0 Å². The van der Waals surface area contributed by atoms with E-state index in [2.05, 4.69) is 15.6 Å². The van der Waals surface area contributed by atoms with E-state index in [0.29, 0.717) is 22.3 Å². The van der Waals surface area contributed by atoms with Gasteiger partial charge in [0, 0.05) is 23.7 Å². The van der Waals surface area contributed by atoms with Gasteiger partial charge in [0.15, 0.2) is 0 Å². The van der Waals surface area contributed by atoms with E-state index in [1.807, 2.05) is 6.20 Å². The van der Waals surface area contributed by atoms with Gasteiger partial charge in [0.2, 0.25) is 0 Å². The van der Waals surface area contributed by atoms with Crippen molar-refractivity contribution in [3.05, 3.63) is 35.2 Å². The van der Waals surface area contributed by atoms with Crippen molar-refractivity contribution in [1.29, 1.82) is 0 Å². The van der Waals surface area contributed by atoms with Gasteiger partial charge in [-0.05, 0) is 18.2 Å². The third kappa shape index (κ3) is 2.03. The molecular weight excluding hydrogens is 243 g/mol. The molecule has 1 aromatic carbocycles. The molecule has 1 fully saturated rings. The van der Waals surface area contributed by atoms with Gasteiger partial charge < -0.3 is 5.32 Å². The molecule has 1 aromatic heterocycles. The molecule has 88 valence electrons. The first-order valence-corrected chi connectivity index (χ1v) is 5.69. The standard InChI is InChI=1S/C11H10ClFN4/c12-8-1-7(2-9(13)3-8)11-6-17(16-15-11)10-4-14-5-10/h1-3,6,10,14H,4-5H2. The zero-order valence-corrected chi connectivity index (χ0v) is 9.65. The molecule has 1 N–H and O–H groups in total. The molecule has 2 aromatic rings. The molecule has 0 radical (unpaired) electrons. The van der Waals surface area contributed by atoms with E-state index in [9.17, 15) is 4.39 Å². The summed E-state index contributed by atoms with van der Waals surface area (Å²) >= 11 is 5.80. The molecule has 0 saturated carbocycles. The van der Waals surface area contributed by atoms with Gasteiger partial charge in [0.05, 0.1) is 12.2 Å². The number of nitrogens with zero attached hydrogens (tertiary/aromatic N) is 3. The smallest absolute Gasteiger partial charge is 0.125 e. The van der Waals surface area contributed by atoms with Crippen molar-refractivity contribution in [3.63, 3.8) is 0 Å². The van der Waals surface area contributed by atoms with Crippen LogP contribution in [0.25, 0.3) is 11.3 Å². The molecule has 0 amide bonds. The topological polar surface area (TPSA) is 42.7 Å². The minimum atomic E-state index is -0.368. The molecular formula is C11H10ClFN4. The van der Waals surface area contributed by atoms with Crippen LogP contribution in [0, 0.1) is 5.82 Å². The lowest BCUT2D eigenvalue weighted by molar-refractivity contribution is 0.313. The molecule has 0 unspecified atom stereocenters. The highest BCUT2D eigenvalue weighted by molar-refractivity contribution is 6.30. The summed E-state index contributed by atoms with van der Waals surface area (Å²) in [5.41, 5.74) is 1.28. The van der Waals surface area contributed by atoms with Crippen molar-refractivity contribution in [3.8, 4) is 11.3 Å². The zero-order valence-electron chi connectivity index (χ0n) is 8.90. The van der Waals surface area contributed by atoms with Crippen LogP contribution in [-0.4, -0.2) is 28.1 Å². The second kappa shape index (κ2) is 4.09. The number of rotatable bonds is 2. The summed E-state index contributed by atoms with van der Waals surface area (Å²) < 4.78 is 15.0. The van der Waals surface area contributed by atoms with E-state index in [4.69, 9.17) is 11.6 Å². The van der Waals surface area contributed by atoms with Crippen molar-refractivity contribution >= 4 is 11.6 Å². The Labute approximate surface area is 102 Å². The van der Waals surface area contributed by atoms with Crippen molar-refractivity contribution < 1.29 is 4.39 Å². The maximum absolute atomic E-state index is 13.2. The number of halogens is 2. The van der Waals surface area contributed by atoms with E-state index >= 15 is 0 Å². The van der Waals surface area contributed by atoms with E-state index < -0.39 is 0 Å². The van der Waals surface area contributed by atoms with E-state index in [1.165, 1.54) is 12.1 Å². The molecule has 0 spiro atoms. The Morgan fingerprint density at radius 1 is 1.35 bits per heavy atom. The Bertz CT molecular complexity index is 530. The molecule has 0 atom stereocenters. The summed E-state index contributed by atoms with van der Waals surface area (Å²) in [5, 5.41) is 11.6. The van der Waals surface area contributed by atoms with Crippen molar-refractivity contribution in [2.24, 2.45) is 0 Å². The maximum atomic E-state index is 13.2. The molecule has 17 heavy (non-hydrogen) atoms. The third-order valence-electron chi connectivity index (χ3n) is 2.80. The second-order valence-electron chi connectivity index (χ2n) is 4.05. The molecule has 4 nitrogen and oxygen atoms in total. The summed E-state index contributed by atoms with van der Waals surface area (Å²) in [6, 6.07) is 4.70. The number of aromatic nitrogens is 3. The van der Waals surface area contributed by atoms with Crippen LogP contribution < -0.4 is 5.32 Å². The zero-order chi connectivity index (χ0) is 11.8. The molecule has 0 bridgehead atoms. The lowest BCUT2D eigenvalue weighted by Gasteiger charge is -2.26. The highest BCUT2D eigenvalue weighted by atomic mass is 35.5. The molecule has 0 aliphatic carbocycles. The fourth-order valence-electron chi connectivity index (χ4n) is 1.75. The summed E-state index contributed by atoms with van der Waals surface area (Å²) in [6.07, 6.45) is 1.82. The number of nitrogens with one attached hydrogen (secondary N) is 1. The van der Waals surface area contributed by atoms with Crippen molar-refractivity contribution in [1.82, 2.24) is 20.3 Å². The van der Waals surface area contributed by atoms with E-state index in [1.54, 1.807) is 10.7 Å². The van der Waals surface area contributed by atoms with Crippen LogP contribution in [0.4, 0.5) is 4.39 Å². The van der Waals surface area contributed by atoms with Gasteiger partial charge >= 0.3 is 0 Å². The first-order chi connectivity index (χ1) is 8.22. The Hall–Kier alpha value is -1.46. The predicted molar refractivity (Wildman–Crippen MR) is 62.3 cm³/mol. The number of benzene rings is 1. The second-order valence-corrected chi connectivity index (χ2v) is 4.49. The average Bonchev–Trinajstić information content (AvgIpc) is 2.62. The lowest BCUT2D eigenvalue weighted by Crippen LogP contribution is -2.43. The van der Waals surface area contributed by atoms with Gasteiger partial charge in [-0.15, -0.1) is 5.10 Å². The minimum Gasteiger partial charge on any atom is -0.312 e. The van der Waals surface area contributed by atoms with Crippen LogP contribution in [0.15, 0.2) is 24.4 Å². The molecule has 1 saturated heterocycles. The van der Waals surface area contributed by atoms with Gasteiger partial charge in [0.1, 0.15) is 11.5 Å². The van der Waals surface area contributed by atoms with Gasteiger partial charge in [-0.1, -0.05) is 16.8 Å². The largest absolute Gasteiger partial charge is 0.312 e. The minimum absolute atomic E-state index is 0.347. The van der Waals surface area contributed by atoms with Crippen LogP contribution in [-0.2, 0) is 0 Å². The van der Waals surface area contributed by atoms with Crippen LogP contribution in [0.2, 0.25) is 5.02 Å². The third-order valence-corrected chi connectivity index (χ3v) is 3.02. The first kappa shape index (κ1) is 10.7. The van der Waals surface area contributed by atoms with E-state index in [-0.39, 0.29) is 5.82 Å². The summed E-state index contributed by atoms with van der Waals surface area (Å²) in [7, 11) is 0. The maximum Gasteiger partial charge on any atom is 0.125 e. The quantitative estimate of drug-likeness (QED) is 0.888. The highest BCUT2D eigenvalue weighted by Crippen LogP contribution is 2.23. The number of hydrogen-bond acceptors (Lipinski definition) is 3. The average molecular weight is 253 g/mol. The van der Waals surface area contributed by atoms with Gasteiger partial charge in [-0.25, -0.2) is 9.07 Å². The van der Waals surface area contributed by atoms with E-state index in [0.717, 1.165) is 13.1 Å². The fraction of sp³-hybridized carbons (Fsp3) is 0.273. The Balaban J connectivity index is 1.94. The summed E-state index contributed by atoms with van der Waals surface area (Å²) in [6.45, 7) is 1.79. The molecule has 1 aliphatic heterocycles. The normalized spacial score (nSPS) is 15.9. The van der Waals surface area contributed by atoms with Crippen LogP contribution >= 0.6 is 11.6 Å². The molecule has 2 heterocycles. The lowest BCUT2D eigenvalue weighted by atomic mass is 10.1. The summed E-state index contributed by atoms with van der Waals surface area (Å²) in [5.74, 6) is -0.368. The van der Waals surface area contributed by atoms with Crippen molar-refractivity contribution in [2.45, 2.75) is 6.04 Å². The molecule has 1 aliphatic rings. The summed E-state index contributed by atoms with van der Waals surface area (Å²) in [4.78, 5) is 0. The highest BCUT2D eigenvalue weighted by Gasteiger charge is 2.20. The first-order valence-electron chi connectivity index (χ1n) is 5.31. The monoisotopic (exact) mass is 252 g/mol. The van der Waals surface area contributed by atoms with Crippen molar-refractivity contribution in [2.75, 3.05) is 13.1 Å². The van der Waals surface area contributed by atoms with Gasteiger partial charge in [-0.3, -0.25) is 0 Å². The Kier molecular flexibility index (Phi) is 2.57. The van der Waals surface area contributed by atoms with Gasteiger partial charge in [0.25, 0.3) is 0 Å². The molecule has 3 rings (SSSR count). The van der Waals surface area contributed by atoms with Crippen LogP contribution in [0.1, 0.15) is 6.04 Å². The Morgan fingerprint density at radius 3 is 2.82 bits per heavy atom. The molecule has 6 heteroatoms. The number of hydrogen-bond donors (Lipinski definition) is 1. The predicted octanol–water partition coefficient (Wildman–Crippen LogP) is 1.88. The fourth-order valence-corrected chi connectivity index (χ4v) is 1.97. The SMILES string of the molecule is Fc1cc(Cl)cc(-c2cn(C3CNC3)nn2)c1. The van der Waals surface area contributed by atoms with Crippen LogP contribution in [0.5, 0.6) is 0 Å². The Morgan fingerprint density at radius 2 is 2.18 bits per heavy atom. The van der Waals surface area contributed by atoms with Crippen LogP contribution in [0.3, 0.4) is 0 Å².